The number of halogens is 2. The summed E-state index contributed by atoms with van der Waals surface area (Å²) in [5.41, 5.74) is 2.06. The number of fused-ring (bicyclic) bond motifs is 1. The molecule has 0 unspecified atom stereocenters. The van der Waals surface area contributed by atoms with Crippen LogP contribution in [-0.4, -0.2) is 17.4 Å². The summed E-state index contributed by atoms with van der Waals surface area (Å²) in [4.78, 5) is 24.6. The van der Waals surface area contributed by atoms with Gasteiger partial charge in [-0.15, -0.1) is 0 Å². The number of nitrogens with zero attached hydrogens (tertiary/aromatic N) is 2. The third kappa shape index (κ3) is 3.02. The van der Waals surface area contributed by atoms with E-state index in [-0.39, 0.29) is 18.0 Å². The molecule has 0 bridgehead atoms. The van der Waals surface area contributed by atoms with Crippen LogP contribution in [-0.2, 0) is 17.6 Å². The molecule has 0 spiro atoms. The van der Waals surface area contributed by atoms with Crippen LogP contribution in [0.2, 0.25) is 10.0 Å². The number of nitro benzene ring substituents is 1. The van der Waals surface area contributed by atoms with E-state index in [1.165, 1.54) is 12.1 Å². The summed E-state index contributed by atoms with van der Waals surface area (Å²) >= 11 is 12.2. The molecule has 0 aromatic heterocycles. The molecule has 0 aliphatic carbocycles. The minimum absolute atomic E-state index is 0.0285. The molecular weight excluding hydrogens is 339 g/mol. The molecular formula is C16H12Cl2N2O3. The van der Waals surface area contributed by atoms with Crippen molar-refractivity contribution in [2.75, 3.05) is 11.4 Å². The Hall–Kier alpha value is -2.11. The van der Waals surface area contributed by atoms with Crippen LogP contribution in [0, 0.1) is 10.1 Å². The van der Waals surface area contributed by atoms with Crippen LogP contribution in [0.4, 0.5) is 11.4 Å². The van der Waals surface area contributed by atoms with E-state index in [9.17, 15) is 14.9 Å². The molecule has 1 amide bonds. The molecule has 1 aliphatic heterocycles. The van der Waals surface area contributed by atoms with Crippen molar-refractivity contribution in [3.63, 3.8) is 0 Å². The van der Waals surface area contributed by atoms with Crippen LogP contribution in [0.3, 0.4) is 0 Å². The van der Waals surface area contributed by atoms with Gasteiger partial charge in [0.05, 0.1) is 17.0 Å². The molecule has 0 fully saturated rings. The number of hydrogen-bond donors (Lipinski definition) is 0. The number of non-ortho nitro benzene ring substituents is 1. The van der Waals surface area contributed by atoms with Crippen LogP contribution >= 0.6 is 23.2 Å². The molecule has 0 N–H and O–H groups in total. The Labute approximate surface area is 142 Å². The zero-order valence-electron chi connectivity index (χ0n) is 12.0. The van der Waals surface area contributed by atoms with Gasteiger partial charge in [0.2, 0.25) is 5.91 Å². The minimum Gasteiger partial charge on any atom is -0.311 e. The number of carbonyl (C=O) groups excluding carboxylic acids is 1. The number of benzene rings is 2. The highest BCUT2D eigenvalue weighted by atomic mass is 35.5. The van der Waals surface area contributed by atoms with E-state index < -0.39 is 4.92 Å². The third-order valence-corrected chi connectivity index (χ3v) is 4.57. The van der Waals surface area contributed by atoms with Gasteiger partial charge in [0.25, 0.3) is 5.69 Å². The van der Waals surface area contributed by atoms with E-state index in [1.807, 2.05) is 0 Å². The van der Waals surface area contributed by atoms with Gasteiger partial charge in [0, 0.05) is 28.7 Å². The number of hydrogen-bond acceptors (Lipinski definition) is 3. The molecule has 0 saturated carbocycles. The van der Waals surface area contributed by atoms with Crippen LogP contribution < -0.4 is 4.90 Å². The normalized spacial score (nSPS) is 13.0. The van der Waals surface area contributed by atoms with Gasteiger partial charge in [-0.1, -0.05) is 35.3 Å². The largest absolute Gasteiger partial charge is 0.311 e. The van der Waals surface area contributed by atoms with E-state index in [1.54, 1.807) is 29.2 Å². The molecule has 0 saturated heterocycles. The topological polar surface area (TPSA) is 63.5 Å². The van der Waals surface area contributed by atoms with Gasteiger partial charge in [-0.2, -0.15) is 0 Å². The maximum atomic E-state index is 12.6. The predicted molar refractivity (Wildman–Crippen MR) is 89.3 cm³/mol. The summed E-state index contributed by atoms with van der Waals surface area (Å²) in [6.45, 7) is 0.497. The summed E-state index contributed by atoms with van der Waals surface area (Å²) in [5.74, 6) is -0.181. The summed E-state index contributed by atoms with van der Waals surface area (Å²) < 4.78 is 0. The summed E-state index contributed by atoms with van der Waals surface area (Å²) in [6, 6.07) is 9.67. The average molecular weight is 351 g/mol. The SMILES string of the molecule is O=C(Cc1c(Cl)cccc1Cl)N1CCc2ccc([N+](=O)[O-])cc21. The predicted octanol–water partition coefficient (Wildman–Crippen LogP) is 4.03. The average Bonchev–Trinajstić information content (AvgIpc) is 2.94. The van der Waals surface area contributed by atoms with Gasteiger partial charge < -0.3 is 4.90 Å². The first-order chi connectivity index (χ1) is 11.0. The van der Waals surface area contributed by atoms with Crippen molar-refractivity contribution in [2.45, 2.75) is 12.8 Å². The minimum atomic E-state index is -0.466. The summed E-state index contributed by atoms with van der Waals surface area (Å²) in [6.07, 6.45) is 0.732. The lowest BCUT2D eigenvalue weighted by molar-refractivity contribution is -0.384. The lowest BCUT2D eigenvalue weighted by atomic mass is 10.1. The highest BCUT2D eigenvalue weighted by Gasteiger charge is 2.27. The summed E-state index contributed by atoms with van der Waals surface area (Å²) in [5, 5.41) is 11.8. The number of rotatable bonds is 3. The Kier molecular flexibility index (Phi) is 4.24. The Bertz CT molecular complexity index is 788. The quantitative estimate of drug-likeness (QED) is 0.619. The van der Waals surface area contributed by atoms with Crippen molar-refractivity contribution < 1.29 is 9.72 Å². The van der Waals surface area contributed by atoms with E-state index in [4.69, 9.17) is 23.2 Å². The maximum Gasteiger partial charge on any atom is 0.271 e. The van der Waals surface area contributed by atoms with Crippen LogP contribution in [0.5, 0.6) is 0 Å². The smallest absolute Gasteiger partial charge is 0.271 e. The molecule has 1 heterocycles. The van der Waals surface area contributed by atoms with Gasteiger partial charge >= 0.3 is 0 Å². The van der Waals surface area contributed by atoms with Gasteiger partial charge in [-0.05, 0) is 29.7 Å². The van der Waals surface area contributed by atoms with E-state index >= 15 is 0 Å². The number of nitro groups is 1. The first kappa shape index (κ1) is 15.8. The monoisotopic (exact) mass is 350 g/mol. The second kappa shape index (κ2) is 6.18. The van der Waals surface area contributed by atoms with E-state index in [0.717, 1.165) is 5.56 Å². The zero-order chi connectivity index (χ0) is 16.6. The first-order valence-electron chi connectivity index (χ1n) is 6.98. The fourth-order valence-electron chi connectivity index (χ4n) is 2.69. The molecule has 5 nitrogen and oxygen atoms in total. The van der Waals surface area contributed by atoms with Crippen molar-refractivity contribution >= 4 is 40.5 Å². The van der Waals surface area contributed by atoms with E-state index in [0.29, 0.717) is 34.3 Å². The zero-order valence-corrected chi connectivity index (χ0v) is 13.5. The van der Waals surface area contributed by atoms with Gasteiger partial charge in [0.1, 0.15) is 0 Å². The van der Waals surface area contributed by atoms with Crippen molar-refractivity contribution in [2.24, 2.45) is 0 Å². The Balaban J connectivity index is 1.89. The van der Waals surface area contributed by atoms with Crippen molar-refractivity contribution in [3.05, 3.63) is 67.7 Å². The number of anilines is 1. The number of amides is 1. The molecule has 3 rings (SSSR count). The highest BCUT2D eigenvalue weighted by Crippen LogP contribution is 2.33. The van der Waals surface area contributed by atoms with Gasteiger partial charge in [-0.25, -0.2) is 0 Å². The molecule has 7 heteroatoms. The molecule has 0 radical (unpaired) electrons. The van der Waals surface area contributed by atoms with Crippen LogP contribution in [0.25, 0.3) is 0 Å². The third-order valence-electron chi connectivity index (χ3n) is 3.87. The van der Waals surface area contributed by atoms with Crippen molar-refractivity contribution in [3.8, 4) is 0 Å². The second-order valence-electron chi connectivity index (χ2n) is 5.24. The van der Waals surface area contributed by atoms with E-state index in [2.05, 4.69) is 0 Å². The Morgan fingerprint density at radius 1 is 1.22 bits per heavy atom. The first-order valence-corrected chi connectivity index (χ1v) is 7.73. The van der Waals surface area contributed by atoms with Crippen LogP contribution in [0.15, 0.2) is 36.4 Å². The lowest BCUT2D eigenvalue weighted by Crippen LogP contribution is -2.30. The highest BCUT2D eigenvalue weighted by molar-refractivity contribution is 6.36. The molecule has 2 aromatic rings. The Morgan fingerprint density at radius 2 is 1.91 bits per heavy atom. The number of carbonyl (C=O) groups is 1. The molecule has 118 valence electrons. The lowest BCUT2D eigenvalue weighted by Gasteiger charge is -2.18. The summed E-state index contributed by atoms with van der Waals surface area (Å²) in [7, 11) is 0. The molecule has 2 aromatic carbocycles. The standard InChI is InChI=1S/C16H12Cl2N2O3/c17-13-2-1-3-14(18)12(13)9-16(21)19-7-6-10-4-5-11(20(22)23)8-15(10)19/h1-5,8H,6-7,9H2. The van der Waals surface area contributed by atoms with Crippen molar-refractivity contribution in [1.29, 1.82) is 0 Å². The molecule has 0 atom stereocenters. The van der Waals surface area contributed by atoms with Crippen molar-refractivity contribution in [1.82, 2.24) is 0 Å². The fourth-order valence-corrected chi connectivity index (χ4v) is 3.22. The molecule has 23 heavy (non-hydrogen) atoms. The van der Waals surface area contributed by atoms with Crippen LogP contribution in [0.1, 0.15) is 11.1 Å². The fraction of sp³-hybridized carbons (Fsp3) is 0.188. The van der Waals surface area contributed by atoms with Gasteiger partial charge in [-0.3, -0.25) is 14.9 Å². The molecule has 1 aliphatic rings. The Morgan fingerprint density at radius 3 is 2.57 bits per heavy atom. The maximum absolute atomic E-state index is 12.6. The second-order valence-corrected chi connectivity index (χ2v) is 6.06. The van der Waals surface area contributed by atoms with Gasteiger partial charge in [0.15, 0.2) is 0 Å².